The van der Waals surface area contributed by atoms with Crippen LogP contribution in [-0.2, 0) is 14.3 Å². The third-order valence-electron chi connectivity index (χ3n) is 10.8. The van der Waals surface area contributed by atoms with E-state index in [0.717, 1.165) is 57.8 Å². The van der Waals surface area contributed by atoms with E-state index in [1.807, 2.05) is 0 Å². The Bertz CT molecular complexity index is 858. The Morgan fingerprint density at radius 3 is 1.41 bits per heavy atom. The van der Waals surface area contributed by atoms with Crippen LogP contribution in [-0.4, -0.2) is 46.9 Å². The predicted octanol–water partition coefficient (Wildman–Crippen LogP) is 13.6. The van der Waals surface area contributed by atoms with Gasteiger partial charge in [0.25, 0.3) is 0 Å². The topological polar surface area (TPSA) is 95.9 Å². The van der Waals surface area contributed by atoms with Gasteiger partial charge in [-0.2, -0.15) is 0 Å². The highest BCUT2D eigenvalue weighted by Gasteiger charge is 2.24. The summed E-state index contributed by atoms with van der Waals surface area (Å²) in [6.45, 7) is 6.43. The molecule has 0 aromatic heterocycles. The van der Waals surface area contributed by atoms with Crippen LogP contribution in [0.15, 0.2) is 24.3 Å². The van der Waals surface area contributed by atoms with Crippen molar-refractivity contribution < 1.29 is 24.5 Å². The number of amides is 1. The summed E-state index contributed by atoms with van der Waals surface area (Å²) < 4.78 is 5.90. The van der Waals surface area contributed by atoms with E-state index >= 15 is 0 Å². The molecule has 54 heavy (non-hydrogen) atoms. The summed E-state index contributed by atoms with van der Waals surface area (Å²) in [4.78, 5) is 26.0. The smallest absolute Gasteiger partial charge is 0.306 e. The SMILES string of the molecule is CCCCC/C=C/C=C/CCCCCCCCC(=O)OC(CCCCCCCCCCCC)CC(=O)NC(CO)C(O)CCCCCCCCCCCC. The number of rotatable bonds is 42. The molecule has 0 aliphatic rings. The molecule has 3 unspecified atom stereocenters. The van der Waals surface area contributed by atoms with Crippen LogP contribution in [0.25, 0.3) is 0 Å². The maximum absolute atomic E-state index is 13.1. The standard InChI is InChI=1S/C48H91NO5/c1-4-7-10-13-16-19-22-23-24-25-26-29-32-35-38-41-48(53)54-44(39-36-33-30-27-20-17-14-11-8-5-2)42-47(52)49-45(43-50)46(51)40-37-34-31-28-21-18-15-12-9-6-3/h16,19,22-23,44-46,50-51H,4-15,17-18,20-21,24-43H2,1-3H3,(H,49,52)/b19-16+,23-22+. The van der Waals surface area contributed by atoms with Gasteiger partial charge in [-0.15, -0.1) is 0 Å². The molecule has 3 atom stereocenters. The van der Waals surface area contributed by atoms with Crippen molar-refractivity contribution in [3.05, 3.63) is 24.3 Å². The number of hydrogen-bond acceptors (Lipinski definition) is 5. The summed E-state index contributed by atoms with van der Waals surface area (Å²) in [6, 6.07) is -0.696. The molecule has 1 amide bonds. The first-order chi connectivity index (χ1) is 26.5. The van der Waals surface area contributed by atoms with E-state index in [0.29, 0.717) is 19.3 Å². The lowest BCUT2D eigenvalue weighted by atomic mass is 10.0. The Balaban J connectivity index is 4.54. The van der Waals surface area contributed by atoms with Gasteiger partial charge in [-0.05, 0) is 51.4 Å². The van der Waals surface area contributed by atoms with E-state index in [9.17, 15) is 19.8 Å². The number of nitrogens with one attached hydrogen (secondary N) is 1. The molecule has 6 heteroatoms. The van der Waals surface area contributed by atoms with Gasteiger partial charge in [-0.25, -0.2) is 0 Å². The number of aliphatic hydroxyl groups is 2. The highest BCUT2D eigenvalue weighted by molar-refractivity contribution is 5.77. The summed E-state index contributed by atoms with van der Waals surface area (Å²) in [5.41, 5.74) is 0. The molecule has 3 N–H and O–H groups in total. The third-order valence-corrected chi connectivity index (χ3v) is 10.8. The second kappa shape index (κ2) is 42.5. The van der Waals surface area contributed by atoms with E-state index in [4.69, 9.17) is 4.74 Å². The van der Waals surface area contributed by atoms with Crippen molar-refractivity contribution in [3.63, 3.8) is 0 Å². The zero-order chi connectivity index (χ0) is 39.6. The lowest BCUT2D eigenvalue weighted by Gasteiger charge is -2.24. The number of unbranched alkanes of at least 4 members (excludes halogenated alkanes) is 27. The molecule has 0 saturated carbocycles. The lowest BCUT2D eigenvalue weighted by molar-refractivity contribution is -0.151. The van der Waals surface area contributed by atoms with Crippen molar-refractivity contribution in [3.8, 4) is 0 Å². The van der Waals surface area contributed by atoms with E-state index in [2.05, 4.69) is 50.4 Å². The zero-order valence-corrected chi connectivity index (χ0v) is 36.1. The second-order valence-corrected chi connectivity index (χ2v) is 16.2. The highest BCUT2D eigenvalue weighted by atomic mass is 16.5. The molecule has 0 rings (SSSR count). The van der Waals surface area contributed by atoms with E-state index in [1.165, 1.54) is 141 Å². The fraction of sp³-hybridized carbons (Fsp3) is 0.875. The number of ether oxygens (including phenoxy) is 1. The van der Waals surface area contributed by atoms with Crippen molar-refractivity contribution in [2.75, 3.05) is 6.61 Å². The Morgan fingerprint density at radius 1 is 0.537 bits per heavy atom. The van der Waals surface area contributed by atoms with Crippen LogP contribution in [0.3, 0.4) is 0 Å². The molecule has 0 bridgehead atoms. The molecule has 0 saturated heterocycles. The quantitative estimate of drug-likeness (QED) is 0.0327. The Labute approximate surface area is 335 Å². The molecular formula is C48H91NO5. The van der Waals surface area contributed by atoms with E-state index < -0.39 is 18.2 Å². The van der Waals surface area contributed by atoms with Gasteiger partial charge in [0.05, 0.1) is 25.2 Å². The fourth-order valence-corrected chi connectivity index (χ4v) is 7.19. The first-order valence-corrected chi connectivity index (χ1v) is 23.6. The fourth-order valence-electron chi connectivity index (χ4n) is 7.19. The molecule has 318 valence electrons. The van der Waals surface area contributed by atoms with Crippen LogP contribution >= 0.6 is 0 Å². The van der Waals surface area contributed by atoms with Gasteiger partial charge in [0.1, 0.15) is 6.10 Å². The van der Waals surface area contributed by atoms with Gasteiger partial charge in [0, 0.05) is 6.42 Å². The van der Waals surface area contributed by atoms with Crippen molar-refractivity contribution in [2.24, 2.45) is 0 Å². The van der Waals surface area contributed by atoms with Gasteiger partial charge in [-0.3, -0.25) is 9.59 Å². The predicted molar refractivity (Wildman–Crippen MR) is 232 cm³/mol. The van der Waals surface area contributed by atoms with Crippen LogP contribution in [0.1, 0.15) is 245 Å². The zero-order valence-electron chi connectivity index (χ0n) is 36.1. The molecular weight excluding hydrogens is 671 g/mol. The van der Waals surface area contributed by atoms with Gasteiger partial charge >= 0.3 is 5.97 Å². The van der Waals surface area contributed by atoms with Crippen LogP contribution in [0.5, 0.6) is 0 Å². The Morgan fingerprint density at radius 2 is 0.926 bits per heavy atom. The normalized spacial score (nSPS) is 13.5. The highest BCUT2D eigenvalue weighted by Crippen LogP contribution is 2.18. The summed E-state index contributed by atoms with van der Waals surface area (Å²) >= 11 is 0. The van der Waals surface area contributed by atoms with Crippen molar-refractivity contribution in [1.82, 2.24) is 5.32 Å². The molecule has 0 fully saturated rings. The lowest BCUT2D eigenvalue weighted by Crippen LogP contribution is -2.46. The molecule has 0 aliphatic heterocycles. The summed E-state index contributed by atoms with van der Waals surface area (Å²) in [6.07, 6.45) is 46.6. The molecule has 0 spiro atoms. The number of esters is 1. The van der Waals surface area contributed by atoms with Crippen molar-refractivity contribution in [2.45, 2.75) is 264 Å². The van der Waals surface area contributed by atoms with Crippen molar-refractivity contribution >= 4 is 11.9 Å². The van der Waals surface area contributed by atoms with Gasteiger partial charge in [0.2, 0.25) is 5.91 Å². The Kier molecular flexibility index (Phi) is 41.2. The summed E-state index contributed by atoms with van der Waals surface area (Å²) in [5.74, 6) is -0.480. The van der Waals surface area contributed by atoms with Gasteiger partial charge < -0.3 is 20.3 Å². The Hall–Kier alpha value is -1.66. The maximum atomic E-state index is 13.1. The number of aliphatic hydroxyl groups excluding tert-OH is 2. The van der Waals surface area contributed by atoms with E-state index in [-0.39, 0.29) is 24.9 Å². The summed E-state index contributed by atoms with van der Waals surface area (Å²) in [7, 11) is 0. The maximum Gasteiger partial charge on any atom is 0.306 e. The van der Waals surface area contributed by atoms with Crippen LogP contribution in [0.2, 0.25) is 0 Å². The minimum absolute atomic E-state index is 0.0771. The van der Waals surface area contributed by atoms with Crippen LogP contribution in [0, 0.1) is 0 Å². The number of carbonyl (C=O) groups excluding carboxylic acids is 2. The first-order valence-electron chi connectivity index (χ1n) is 23.6. The molecule has 6 nitrogen and oxygen atoms in total. The van der Waals surface area contributed by atoms with Crippen LogP contribution in [0.4, 0.5) is 0 Å². The largest absolute Gasteiger partial charge is 0.462 e. The molecule has 0 aliphatic carbocycles. The minimum atomic E-state index is -0.783. The van der Waals surface area contributed by atoms with Gasteiger partial charge in [0.15, 0.2) is 0 Å². The molecule has 0 radical (unpaired) electrons. The van der Waals surface area contributed by atoms with Gasteiger partial charge in [-0.1, -0.05) is 206 Å². The minimum Gasteiger partial charge on any atom is -0.462 e. The van der Waals surface area contributed by atoms with E-state index in [1.54, 1.807) is 0 Å². The third kappa shape index (κ3) is 37.3. The molecule has 0 aromatic rings. The first kappa shape index (κ1) is 52.3. The van der Waals surface area contributed by atoms with Crippen LogP contribution < -0.4 is 5.32 Å². The molecule has 0 heterocycles. The number of hydrogen-bond donors (Lipinski definition) is 3. The monoisotopic (exact) mass is 762 g/mol. The summed E-state index contributed by atoms with van der Waals surface area (Å²) in [5, 5.41) is 23.6. The number of carbonyl (C=O) groups is 2. The average molecular weight is 762 g/mol. The average Bonchev–Trinajstić information content (AvgIpc) is 3.16. The number of allylic oxidation sites excluding steroid dienone is 4. The molecule has 0 aromatic carbocycles. The van der Waals surface area contributed by atoms with Crippen molar-refractivity contribution in [1.29, 1.82) is 0 Å². The second-order valence-electron chi connectivity index (χ2n) is 16.2.